The standard InChI is InChI=1S/C18H26N2O6S2/c1-12-10-20(11-13(2)26-12)28(24,25)15-6-4-14(5-7-15)17(21)19-16(18(22)23)8-9-27-3/h4-7,12-13,16H,8-11H2,1-3H3,(H,19,21)(H,22,23). The summed E-state index contributed by atoms with van der Waals surface area (Å²) in [5.41, 5.74) is 0.207. The second kappa shape index (κ2) is 9.73. The van der Waals surface area contributed by atoms with Gasteiger partial charge >= 0.3 is 5.97 Å². The number of nitrogens with zero attached hydrogens (tertiary/aromatic N) is 1. The lowest BCUT2D eigenvalue weighted by molar-refractivity contribution is -0.139. The summed E-state index contributed by atoms with van der Waals surface area (Å²) in [6.07, 6.45) is 1.77. The van der Waals surface area contributed by atoms with Crippen molar-refractivity contribution in [1.29, 1.82) is 0 Å². The molecule has 0 saturated carbocycles. The lowest BCUT2D eigenvalue weighted by Gasteiger charge is -2.34. The van der Waals surface area contributed by atoms with E-state index in [2.05, 4.69) is 5.32 Å². The fourth-order valence-electron chi connectivity index (χ4n) is 2.99. The molecule has 1 amide bonds. The maximum Gasteiger partial charge on any atom is 0.326 e. The second-order valence-electron chi connectivity index (χ2n) is 6.75. The first kappa shape index (κ1) is 22.7. The van der Waals surface area contributed by atoms with Gasteiger partial charge in [0.2, 0.25) is 10.0 Å². The summed E-state index contributed by atoms with van der Waals surface area (Å²) in [6, 6.07) is 4.53. The number of carboxylic acid groups (broad SMARTS) is 1. The number of hydrogen-bond acceptors (Lipinski definition) is 6. The van der Waals surface area contributed by atoms with E-state index in [1.807, 2.05) is 20.1 Å². The summed E-state index contributed by atoms with van der Waals surface area (Å²) in [5.74, 6) is -1.05. The minimum absolute atomic E-state index is 0.0857. The number of morpholine rings is 1. The van der Waals surface area contributed by atoms with Gasteiger partial charge in [-0.1, -0.05) is 0 Å². The van der Waals surface area contributed by atoms with Gasteiger partial charge in [0.1, 0.15) is 6.04 Å². The number of carbonyl (C=O) groups excluding carboxylic acids is 1. The molecule has 1 saturated heterocycles. The van der Waals surface area contributed by atoms with Crippen molar-refractivity contribution in [3.63, 3.8) is 0 Å². The van der Waals surface area contributed by atoms with E-state index in [9.17, 15) is 23.1 Å². The number of nitrogens with one attached hydrogen (secondary N) is 1. The van der Waals surface area contributed by atoms with Crippen LogP contribution in [-0.2, 0) is 19.6 Å². The molecule has 1 aliphatic heterocycles. The second-order valence-corrected chi connectivity index (χ2v) is 9.67. The van der Waals surface area contributed by atoms with Crippen LogP contribution in [-0.4, -0.2) is 73.1 Å². The fraction of sp³-hybridized carbons (Fsp3) is 0.556. The predicted octanol–water partition coefficient (Wildman–Crippen LogP) is 1.42. The predicted molar refractivity (Wildman–Crippen MR) is 107 cm³/mol. The molecule has 1 heterocycles. The first-order valence-corrected chi connectivity index (χ1v) is 11.8. The van der Waals surface area contributed by atoms with Gasteiger partial charge in [-0.25, -0.2) is 13.2 Å². The number of hydrogen-bond donors (Lipinski definition) is 2. The summed E-state index contributed by atoms with van der Waals surface area (Å²) in [4.78, 5) is 23.7. The monoisotopic (exact) mass is 430 g/mol. The first-order chi connectivity index (χ1) is 13.1. The Bertz CT molecular complexity index is 787. The summed E-state index contributed by atoms with van der Waals surface area (Å²) < 4.78 is 32.6. The van der Waals surface area contributed by atoms with Crippen molar-refractivity contribution in [2.45, 2.75) is 43.4 Å². The maximum atomic E-state index is 12.8. The number of aliphatic carboxylic acids is 1. The summed E-state index contributed by atoms with van der Waals surface area (Å²) >= 11 is 1.49. The van der Waals surface area contributed by atoms with Crippen LogP contribution in [0.5, 0.6) is 0 Å². The molecule has 0 bridgehead atoms. The largest absolute Gasteiger partial charge is 0.480 e. The van der Waals surface area contributed by atoms with Gasteiger partial charge in [0, 0.05) is 18.7 Å². The third-order valence-electron chi connectivity index (χ3n) is 4.35. The number of carbonyl (C=O) groups is 2. The number of sulfonamides is 1. The van der Waals surface area contributed by atoms with Gasteiger partial charge in [-0.3, -0.25) is 4.79 Å². The normalized spacial score (nSPS) is 21.8. The Morgan fingerprint density at radius 1 is 1.25 bits per heavy atom. The molecular formula is C18H26N2O6S2. The van der Waals surface area contributed by atoms with E-state index in [1.165, 1.54) is 40.3 Å². The highest BCUT2D eigenvalue weighted by molar-refractivity contribution is 7.98. The summed E-state index contributed by atoms with van der Waals surface area (Å²) in [6.45, 7) is 4.18. The van der Waals surface area contributed by atoms with Crippen LogP contribution < -0.4 is 5.32 Å². The molecule has 1 fully saturated rings. The highest BCUT2D eigenvalue weighted by Crippen LogP contribution is 2.21. The molecule has 0 aliphatic carbocycles. The van der Waals surface area contributed by atoms with Crippen LogP contribution in [0.2, 0.25) is 0 Å². The van der Waals surface area contributed by atoms with Crippen molar-refractivity contribution in [1.82, 2.24) is 9.62 Å². The van der Waals surface area contributed by atoms with Gasteiger partial charge in [0.15, 0.2) is 0 Å². The molecule has 8 nitrogen and oxygen atoms in total. The molecule has 1 aromatic carbocycles. The van der Waals surface area contributed by atoms with Crippen molar-refractivity contribution in [2.75, 3.05) is 25.1 Å². The fourth-order valence-corrected chi connectivity index (χ4v) is 5.05. The lowest BCUT2D eigenvalue weighted by atomic mass is 10.1. The van der Waals surface area contributed by atoms with Crippen LogP contribution in [0.4, 0.5) is 0 Å². The molecule has 1 aromatic rings. The van der Waals surface area contributed by atoms with Gasteiger partial charge in [-0.15, -0.1) is 0 Å². The molecule has 3 atom stereocenters. The Balaban J connectivity index is 2.11. The SMILES string of the molecule is CSCCC(NC(=O)c1ccc(S(=O)(=O)N2CC(C)OC(C)C2)cc1)C(=O)O. The highest BCUT2D eigenvalue weighted by atomic mass is 32.2. The molecule has 156 valence electrons. The van der Waals surface area contributed by atoms with Gasteiger partial charge in [-0.2, -0.15) is 16.1 Å². The van der Waals surface area contributed by atoms with Crippen LogP contribution in [0, 0.1) is 0 Å². The number of amides is 1. The van der Waals surface area contributed by atoms with Gasteiger partial charge in [-0.05, 0) is 56.5 Å². The number of rotatable bonds is 8. The van der Waals surface area contributed by atoms with Crippen LogP contribution in [0.1, 0.15) is 30.6 Å². The Morgan fingerprint density at radius 3 is 2.32 bits per heavy atom. The number of thioether (sulfide) groups is 1. The first-order valence-electron chi connectivity index (χ1n) is 8.93. The van der Waals surface area contributed by atoms with E-state index in [0.717, 1.165) is 0 Å². The molecule has 10 heteroatoms. The third-order valence-corrected chi connectivity index (χ3v) is 6.84. The lowest BCUT2D eigenvalue weighted by Crippen LogP contribution is -2.48. The minimum atomic E-state index is -3.69. The van der Waals surface area contributed by atoms with Gasteiger partial charge < -0.3 is 15.2 Å². The smallest absolute Gasteiger partial charge is 0.326 e. The van der Waals surface area contributed by atoms with Gasteiger partial charge in [0.05, 0.1) is 17.1 Å². The quantitative estimate of drug-likeness (QED) is 0.641. The van der Waals surface area contributed by atoms with Crippen molar-refractivity contribution in [3.8, 4) is 0 Å². The van der Waals surface area contributed by atoms with Crippen molar-refractivity contribution in [2.24, 2.45) is 0 Å². The summed E-state index contributed by atoms with van der Waals surface area (Å²) in [5, 5.41) is 11.7. The Morgan fingerprint density at radius 2 is 1.82 bits per heavy atom. The van der Waals surface area contributed by atoms with E-state index < -0.39 is 27.9 Å². The zero-order chi connectivity index (χ0) is 20.9. The maximum absolute atomic E-state index is 12.8. The molecule has 0 aromatic heterocycles. The number of carboxylic acids is 1. The Hall–Kier alpha value is -1.62. The molecule has 2 rings (SSSR count). The zero-order valence-electron chi connectivity index (χ0n) is 16.1. The van der Waals surface area contributed by atoms with E-state index >= 15 is 0 Å². The van der Waals surface area contributed by atoms with E-state index in [-0.39, 0.29) is 35.8 Å². The number of benzene rings is 1. The highest BCUT2D eigenvalue weighted by Gasteiger charge is 2.32. The molecule has 3 unspecified atom stereocenters. The molecule has 0 spiro atoms. The third kappa shape index (κ3) is 5.69. The molecule has 0 radical (unpaired) electrons. The molecule has 28 heavy (non-hydrogen) atoms. The Labute approximate surface area is 169 Å². The topological polar surface area (TPSA) is 113 Å². The molecular weight excluding hydrogens is 404 g/mol. The van der Waals surface area contributed by atoms with Crippen LogP contribution in [0.15, 0.2) is 29.2 Å². The molecule has 1 aliphatic rings. The van der Waals surface area contributed by atoms with Crippen LogP contribution in [0.3, 0.4) is 0 Å². The Kier molecular flexibility index (Phi) is 7.87. The van der Waals surface area contributed by atoms with Gasteiger partial charge in [0.25, 0.3) is 5.91 Å². The van der Waals surface area contributed by atoms with E-state index in [1.54, 1.807) is 0 Å². The van der Waals surface area contributed by atoms with Crippen molar-refractivity contribution in [3.05, 3.63) is 29.8 Å². The van der Waals surface area contributed by atoms with Crippen molar-refractivity contribution < 1.29 is 27.9 Å². The summed E-state index contributed by atoms with van der Waals surface area (Å²) in [7, 11) is -3.69. The zero-order valence-corrected chi connectivity index (χ0v) is 17.8. The van der Waals surface area contributed by atoms with Crippen LogP contribution in [0.25, 0.3) is 0 Å². The van der Waals surface area contributed by atoms with E-state index in [0.29, 0.717) is 12.2 Å². The average molecular weight is 431 g/mol. The minimum Gasteiger partial charge on any atom is -0.480 e. The number of ether oxygens (including phenoxy) is 1. The molecule has 2 N–H and O–H groups in total. The van der Waals surface area contributed by atoms with Crippen molar-refractivity contribution >= 4 is 33.7 Å². The van der Waals surface area contributed by atoms with E-state index in [4.69, 9.17) is 4.74 Å². The average Bonchev–Trinajstić information content (AvgIpc) is 2.64. The van der Waals surface area contributed by atoms with Crippen LogP contribution >= 0.6 is 11.8 Å².